The third kappa shape index (κ3) is 2.67. The van der Waals surface area contributed by atoms with E-state index >= 15 is 0 Å². The quantitative estimate of drug-likeness (QED) is 0.795. The molecule has 5 nitrogen and oxygen atoms in total. The molecule has 0 saturated carbocycles. The van der Waals surface area contributed by atoms with E-state index < -0.39 is 11.4 Å². The molecule has 1 aliphatic heterocycles. The van der Waals surface area contributed by atoms with E-state index in [2.05, 4.69) is 4.90 Å². The summed E-state index contributed by atoms with van der Waals surface area (Å²) in [5.74, 6) is -0.819. The Morgan fingerprint density at radius 1 is 1.19 bits per heavy atom. The zero-order valence-electron chi connectivity index (χ0n) is 11.6. The number of likely N-dealkylation sites (N-methyl/N-ethyl adjacent to an activating group) is 1. The second-order valence-electron chi connectivity index (χ2n) is 5.23. The monoisotopic (exact) mass is 290 g/mol. The van der Waals surface area contributed by atoms with Crippen molar-refractivity contribution in [2.24, 2.45) is 0 Å². The SMILES string of the molecule is CN1CCN(C(=O)c2cc3cc(F)ccc3c(=O)o2)CC1. The third-order valence-corrected chi connectivity index (χ3v) is 3.72. The Balaban J connectivity index is 1.96. The van der Waals surface area contributed by atoms with Crippen LogP contribution in [0.25, 0.3) is 10.8 Å². The summed E-state index contributed by atoms with van der Waals surface area (Å²) in [4.78, 5) is 28.0. The summed E-state index contributed by atoms with van der Waals surface area (Å²) < 4.78 is 18.4. The lowest BCUT2D eigenvalue weighted by Crippen LogP contribution is -2.47. The van der Waals surface area contributed by atoms with Crippen LogP contribution in [0.2, 0.25) is 0 Å². The number of benzene rings is 1. The molecule has 2 heterocycles. The van der Waals surface area contributed by atoms with Crippen LogP contribution in [-0.2, 0) is 0 Å². The molecule has 0 atom stereocenters. The summed E-state index contributed by atoms with van der Waals surface area (Å²) in [6.07, 6.45) is 0. The highest BCUT2D eigenvalue weighted by Gasteiger charge is 2.23. The van der Waals surface area contributed by atoms with E-state index in [0.29, 0.717) is 18.5 Å². The van der Waals surface area contributed by atoms with Gasteiger partial charge in [0.15, 0.2) is 5.76 Å². The molecule has 0 unspecified atom stereocenters. The highest BCUT2D eigenvalue weighted by molar-refractivity contribution is 5.95. The van der Waals surface area contributed by atoms with E-state index in [9.17, 15) is 14.0 Å². The van der Waals surface area contributed by atoms with Gasteiger partial charge < -0.3 is 14.2 Å². The van der Waals surface area contributed by atoms with Crippen molar-refractivity contribution in [1.82, 2.24) is 9.80 Å². The predicted molar refractivity (Wildman–Crippen MR) is 75.8 cm³/mol. The Kier molecular flexibility index (Phi) is 3.47. The molecule has 1 aromatic heterocycles. The van der Waals surface area contributed by atoms with Crippen LogP contribution in [0.3, 0.4) is 0 Å². The van der Waals surface area contributed by atoms with Crippen LogP contribution in [0.4, 0.5) is 4.39 Å². The number of rotatable bonds is 1. The fourth-order valence-corrected chi connectivity index (χ4v) is 2.44. The topological polar surface area (TPSA) is 53.8 Å². The molecule has 110 valence electrons. The molecule has 3 rings (SSSR count). The van der Waals surface area contributed by atoms with Crippen molar-refractivity contribution >= 4 is 16.7 Å². The fourth-order valence-electron chi connectivity index (χ4n) is 2.44. The zero-order valence-corrected chi connectivity index (χ0v) is 11.6. The minimum atomic E-state index is -0.620. The second-order valence-corrected chi connectivity index (χ2v) is 5.23. The number of hydrogen-bond acceptors (Lipinski definition) is 4. The largest absolute Gasteiger partial charge is 0.417 e. The number of halogens is 1. The van der Waals surface area contributed by atoms with E-state index in [0.717, 1.165) is 13.1 Å². The maximum Gasteiger partial charge on any atom is 0.344 e. The number of carbonyl (C=O) groups excluding carboxylic acids is 1. The van der Waals surface area contributed by atoms with E-state index in [1.165, 1.54) is 24.3 Å². The van der Waals surface area contributed by atoms with Gasteiger partial charge in [-0.25, -0.2) is 9.18 Å². The minimum Gasteiger partial charge on any atom is -0.417 e. The second kappa shape index (κ2) is 5.29. The Morgan fingerprint density at radius 3 is 2.62 bits per heavy atom. The molecule has 21 heavy (non-hydrogen) atoms. The molecule has 1 fully saturated rings. The first-order valence-corrected chi connectivity index (χ1v) is 6.76. The van der Waals surface area contributed by atoms with Gasteiger partial charge in [-0.2, -0.15) is 0 Å². The summed E-state index contributed by atoms with van der Waals surface area (Å²) in [6, 6.07) is 5.22. The van der Waals surface area contributed by atoms with Gasteiger partial charge in [-0.3, -0.25) is 4.79 Å². The molecule has 1 saturated heterocycles. The molecule has 1 amide bonds. The van der Waals surface area contributed by atoms with Crippen molar-refractivity contribution in [2.45, 2.75) is 0 Å². The van der Waals surface area contributed by atoms with Crippen LogP contribution >= 0.6 is 0 Å². The van der Waals surface area contributed by atoms with Crippen LogP contribution in [0.5, 0.6) is 0 Å². The maximum absolute atomic E-state index is 13.3. The zero-order chi connectivity index (χ0) is 15.0. The van der Waals surface area contributed by atoms with Gasteiger partial charge in [0.1, 0.15) is 5.82 Å². The van der Waals surface area contributed by atoms with Gasteiger partial charge in [-0.05, 0) is 36.7 Å². The number of carbonyl (C=O) groups is 1. The first-order chi connectivity index (χ1) is 10.0. The Labute approximate surface area is 120 Å². The summed E-state index contributed by atoms with van der Waals surface area (Å²) >= 11 is 0. The lowest BCUT2D eigenvalue weighted by atomic mass is 10.1. The number of piperazine rings is 1. The Hall–Kier alpha value is -2.21. The van der Waals surface area contributed by atoms with Crippen LogP contribution < -0.4 is 5.63 Å². The van der Waals surface area contributed by atoms with Crippen molar-refractivity contribution in [3.63, 3.8) is 0 Å². The van der Waals surface area contributed by atoms with Crippen molar-refractivity contribution in [3.8, 4) is 0 Å². The summed E-state index contributed by atoms with van der Waals surface area (Å²) in [6.45, 7) is 2.72. The third-order valence-electron chi connectivity index (χ3n) is 3.72. The molecule has 0 bridgehead atoms. The average molecular weight is 290 g/mol. The van der Waals surface area contributed by atoms with E-state index in [1.807, 2.05) is 7.05 Å². The van der Waals surface area contributed by atoms with Gasteiger partial charge in [-0.15, -0.1) is 0 Å². The summed E-state index contributed by atoms with van der Waals surface area (Å²) in [5.41, 5.74) is -0.620. The number of amides is 1. The molecule has 6 heteroatoms. The van der Waals surface area contributed by atoms with Crippen molar-refractivity contribution in [3.05, 3.63) is 46.3 Å². The maximum atomic E-state index is 13.3. The molecule has 0 N–H and O–H groups in total. The van der Waals surface area contributed by atoms with Gasteiger partial charge in [0.05, 0.1) is 5.39 Å². The highest BCUT2D eigenvalue weighted by Crippen LogP contribution is 2.15. The lowest BCUT2D eigenvalue weighted by molar-refractivity contribution is 0.0628. The Bertz CT molecular complexity index is 748. The minimum absolute atomic E-state index is 0.0392. The van der Waals surface area contributed by atoms with Crippen LogP contribution in [0.15, 0.2) is 33.5 Å². The molecule has 0 aliphatic carbocycles. The van der Waals surface area contributed by atoms with E-state index in [-0.39, 0.29) is 17.1 Å². The smallest absolute Gasteiger partial charge is 0.344 e. The van der Waals surface area contributed by atoms with Gasteiger partial charge in [0.2, 0.25) is 0 Å². The van der Waals surface area contributed by atoms with Crippen molar-refractivity contribution < 1.29 is 13.6 Å². The summed E-state index contributed by atoms with van der Waals surface area (Å²) in [7, 11) is 1.99. The molecular weight excluding hydrogens is 275 g/mol. The standard InChI is InChI=1S/C15H15FN2O3/c1-17-4-6-18(7-5-17)14(19)13-9-10-8-11(16)2-3-12(10)15(20)21-13/h2-3,8-9H,4-7H2,1H3. The fraction of sp³-hybridized carbons (Fsp3) is 0.333. The molecule has 1 aliphatic rings. The number of hydrogen-bond donors (Lipinski definition) is 0. The molecule has 0 radical (unpaired) electrons. The number of fused-ring (bicyclic) bond motifs is 1. The van der Waals surface area contributed by atoms with E-state index in [4.69, 9.17) is 4.42 Å². The average Bonchev–Trinajstić information content (AvgIpc) is 2.46. The Morgan fingerprint density at radius 2 is 1.90 bits per heavy atom. The van der Waals surface area contributed by atoms with Crippen LogP contribution in [0, 0.1) is 5.82 Å². The first-order valence-electron chi connectivity index (χ1n) is 6.76. The van der Waals surface area contributed by atoms with Gasteiger partial charge in [0, 0.05) is 26.2 Å². The lowest BCUT2D eigenvalue weighted by Gasteiger charge is -2.31. The summed E-state index contributed by atoms with van der Waals surface area (Å²) in [5, 5.41) is 0.648. The van der Waals surface area contributed by atoms with Gasteiger partial charge in [0.25, 0.3) is 5.91 Å². The normalized spacial score (nSPS) is 16.4. The molecule has 2 aromatic rings. The van der Waals surface area contributed by atoms with Gasteiger partial charge >= 0.3 is 5.63 Å². The van der Waals surface area contributed by atoms with Gasteiger partial charge in [-0.1, -0.05) is 0 Å². The number of nitrogens with zero attached hydrogens (tertiary/aromatic N) is 2. The van der Waals surface area contributed by atoms with Crippen LogP contribution in [-0.4, -0.2) is 48.9 Å². The highest BCUT2D eigenvalue weighted by atomic mass is 19.1. The van der Waals surface area contributed by atoms with E-state index in [1.54, 1.807) is 4.90 Å². The van der Waals surface area contributed by atoms with Crippen molar-refractivity contribution in [2.75, 3.05) is 33.2 Å². The first kappa shape index (κ1) is 13.8. The predicted octanol–water partition coefficient (Wildman–Crippen LogP) is 1.32. The molecular formula is C15H15FN2O3. The molecule has 0 spiro atoms. The molecule has 1 aromatic carbocycles. The van der Waals surface area contributed by atoms with Crippen LogP contribution in [0.1, 0.15) is 10.6 Å². The van der Waals surface area contributed by atoms with Crippen molar-refractivity contribution in [1.29, 1.82) is 0 Å².